The van der Waals surface area contributed by atoms with E-state index in [9.17, 15) is 14.0 Å². The molecule has 0 aliphatic heterocycles. The van der Waals surface area contributed by atoms with E-state index in [1.165, 1.54) is 20.3 Å². The Kier molecular flexibility index (Phi) is 6.59. The number of ether oxygens (including phenoxy) is 2. The smallest absolute Gasteiger partial charge is 0.258 e. The summed E-state index contributed by atoms with van der Waals surface area (Å²) in [6, 6.07) is 11.4. The molecule has 2 aromatic carbocycles. The van der Waals surface area contributed by atoms with E-state index in [1.54, 1.807) is 52.8 Å². The highest BCUT2D eigenvalue weighted by Gasteiger charge is 2.23. The largest absolute Gasteiger partial charge is 0.493 e. The van der Waals surface area contributed by atoms with Crippen molar-refractivity contribution in [3.63, 3.8) is 0 Å². The lowest BCUT2D eigenvalue weighted by Crippen LogP contribution is -2.32. The second-order valence-electron chi connectivity index (χ2n) is 8.13. The normalized spacial score (nSPS) is 11.0. The first kappa shape index (κ1) is 24.0. The van der Waals surface area contributed by atoms with Gasteiger partial charge in [0.05, 0.1) is 42.9 Å². The average Bonchev–Trinajstić information content (AvgIpc) is 3.15. The van der Waals surface area contributed by atoms with Crippen LogP contribution in [0.4, 0.5) is 4.39 Å². The predicted molar refractivity (Wildman–Crippen MR) is 131 cm³/mol. The van der Waals surface area contributed by atoms with Gasteiger partial charge in [-0.2, -0.15) is 0 Å². The Bertz CT molecular complexity index is 1470. The minimum Gasteiger partial charge on any atom is -0.493 e. The Balaban J connectivity index is 1.69. The summed E-state index contributed by atoms with van der Waals surface area (Å²) in [4.78, 5) is 35.1. The number of H-pyrrole nitrogens is 1. The van der Waals surface area contributed by atoms with Crippen LogP contribution < -0.4 is 15.0 Å². The maximum absolute atomic E-state index is 14.5. The number of aromatic nitrogens is 3. The monoisotopic (exact) mass is 478 g/mol. The number of hydrogen-bond acceptors (Lipinski definition) is 5. The first-order valence-electron chi connectivity index (χ1n) is 11.2. The van der Waals surface area contributed by atoms with Crippen molar-refractivity contribution in [1.29, 1.82) is 0 Å². The lowest BCUT2D eigenvalue weighted by molar-refractivity contribution is 0.0747. The molecule has 0 atom stereocenters. The molecule has 0 saturated heterocycles. The van der Waals surface area contributed by atoms with Gasteiger partial charge in [0.1, 0.15) is 11.6 Å². The van der Waals surface area contributed by atoms with Crippen LogP contribution in [0.3, 0.4) is 0 Å². The van der Waals surface area contributed by atoms with Crippen LogP contribution in [0, 0.1) is 19.7 Å². The number of halogens is 1. The van der Waals surface area contributed by atoms with Crippen LogP contribution in [0.5, 0.6) is 11.5 Å². The lowest BCUT2D eigenvalue weighted by Gasteiger charge is -2.21. The van der Waals surface area contributed by atoms with Crippen molar-refractivity contribution >= 4 is 16.8 Å². The van der Waals surface area contributed by atoms with E-state index in [2.05, 4.69) is 9.97 Å². The van der Waals surface area contributed by atoms with Crippen molar-refractivity contribution in [2.45, 2.75) is 27.3 Å². The molecule has 0 aliphatic rings. The third-order valence-corrected chi connectivity index (χ3v) is 6.02. The molecule has 0 fully saturated rings. The summed E-state index contributed by atoms with van der Waals surface area (Å²) in [5.41, 5.74) is 2.31. The number of nitrogens with one attached hydrogen (secondary N) is 1. The Labute approximate surface area is 201 Å². The van der Waals surface area contributed by atoms with Crippen molar-refractivity contribution in [3.05, 3.63) is 81.4 Å². The van der Waals surface area contributed by atoms with Crippen molar-refractivity contribution in [2.24, 2.45) is 0 Å². The van der Waals surface area contributed by atoms with Crippen LogP contribution in [0.1, 0.15) is 34.5 Å². The van der Waals surface area contributed by atoms with Crippen molar-refractivity contribution < 1.29 is 18.7 Å². The van der Waals surface area contributed by atoms with Crippen LogP contribution in [0.25, 0.3) is 16.6 Å². The van der Waals surface area contributed by atoms with E-state index in [4.69, 9.17) is 9.47 Å². The Morgan fingerprint density at radius 2 is 1.80 bits per heavy atom. The van der Waals surface area contributed by atoms with Gasteiger partial charge in [0.25, 0.3) is 11.5 Å². The highest BCUT2D eigenvalue weighted by Crippen LogP contribution is 2.30. The summed E-state index contributed by atoms with van der Waals surface area (Å²) in [5, 5.41) is 0.356. The maximum Gasteiger partial charge on any atom is 0.258 e. The number of carbonyl (C=O) groups is 1. The zero-order valence-corrected chi connectivity index (χ0v) is 20.3. The summed E-state index contributed by atoms with van der Waals surface area (Å²) in [6.45, 7) is 5.95. The summed E-state index contributed by atoms with van der Waals surface area (Å²) < 4.78 is 26.8. The van der Waals surface area contributed by atoms with Gasteiger partial charge in [-0.3, -0.25) is 9.59 Å². The number of rotatable bonds is 7. The second-order valence-corrected chi connectivity index (χ2v) is 8.13. The Morgan fingerprint density at radius 1 is 1.11 bits per heavy atom. The number of benzene rings is 2. The van der Waals surface area contributed by atoms with Crippen molar-refractivity contribution in [1.82, 2.24) is 19.4 Å². The van der Waals surface area contributed by atoms with E-state index < -0.39 is 0 Å². The highest BCUT2D eigenvalue weighted by molar-refractivity contribution is 5.96. The molecule has 182 valence electrons. The molecule has 2 heterocycles. The zero-order chi connectivity index (χ0) is 25.3. The molecular formula is C26H27FN4O4. The predicted octanol–water partition coefficient (Wildman–Crippen LogP) is 4.15. The molecule has 0 saturated carbocycles. The molecule has 8 nitrogen and oxygen atoms in total. The summed E-state index contributed by atoms with van der Waals surface area (Å²) in [7, 11) is 3.00. The number of hydrogen-bond donors (Lipinski definition) is 1. The van der Waals surface area contributed by atoms with Crippen LogP contribution in [-0.4, -0.2) is 46.1 Å². The minimum absolute atomic E-state index is 0.0955. The number of aryl methyl sites for hydroxylation is 1. The molecule has 4 aromatic rings. The molecule has 0 unspecified atom stereocenters. The van der Waals surface area contributed by atoms with Gasteiger partial charge in [-0.1, -0.05) is 12.1 Å². The van der Waals surface area contributed by atoms with E-state index >= 15 is 0 Å². The molecular weight excluding hydrogens is 451 g/mol. The molecule has 4 rings (SSSR count). The number of methoxy groups -OCH3 is 2. The molecule has 0 bridgehead atoms. The molecule has 0 aliphatic carbocycles. The van der Waals surface area contributed by atoms with Crippen LogP contribution >= 0.6 is 0 Å². The standard InChI is InChI=1S/C26H27FN4O4/c1-6-30(14-24-28-20-13-23(35-5)22(34-4)12-18(20)25(32)29-24)26(33)17-11-15(2)31(16(17)3)21-10-8-7-9-19(21)27/h7-13H,6,14H2,1-5H3,(H,28,29,32). The van der Waals surface area contributed by atoms with Gasteiger partial charge in [-0.25, -0.2) is 9.37 Å². The fraction of sp³-hybridized carbons (Fsp3) is 0.269. The van der Waals surface area contributed by atoms with Gasteiger partial charge in [0.15, 0.2) is 11.5 Å². The zero-order valence-electron chi connectivity index (χ0n) is 20.3. The second kappa shape index (κ2) is 9.61. The van der Waals surface area contributed by atoms with Gasteiger partial charge in [0.2, 0.25) is 0 Å². The number of para-hydroxylation sites is 1. The number of nitrogens with zero attached hydrogens (tertiary/aromatic N) is 3. The van der Waals surface area contributed by atoms with Gasteiger partial charge >= 0.3 is 0 Å². The number of fused-ring (bicyclic) bond motifs is 1. The Morgan fingerprint density at radius 3 is 2.46 bits per heavy atom. The molecule has 2 aromatic heterocycles. The van der Waals surface area contributed by atoms with Crippen molar-refractivity contribution in [2.75, 3.05) is 20.8 Å². The van der Waals surface area contributed by atoms with Crippen LogP contribution in [0.15, 0.2) is 47.3 Å². The molecule has 0 radical (unpaired) electrons. The van der Waals surface area contributed by atoms with E-state index in [0.717, 1.165) is 5.69 Å². The molecule has 9 heteroatoms. The van der Waals surface area contributed by atoms with Crippen LogP contribution in [-0.2, 0) is 6.54 Å². The third-order valence-electron chi connectivity index (χ3n) is 6.02. The summed E-state index contributed by atoms with van der Waals surface area (Å²) in [6.07, 6.45) is 0. The number of aromatic amines is 1. The van der Waals surface area contributed by atoms with Gasteiger partial charge < -0.3 is 23.9 Å². The summed E-state index contributed by atoms with van der Waals surface area (Å²) >= 11 is 0. The maximum atomic E-state index is 14.5. The number of amides is 1. The third kappa shape index (κ3) is 4.37. The van der Waals surface area contributed by atoms with Gasteiger partial charge in [-0.05, 0) is 45.0 Å². The first-order chi connectivity index (χ1) is 16.8. The fourth-order valence-electron chi connectivity index (χ4n) is 4.25. The van der Waals surface area contributed by atoms with E-state index in [0.29, 0.717) is 51.7 Å². The molecule has 1 N–H and O–H groups in total. The van der Waals surface area contributed by atoms with Crippen LogP contribution in [0.2, 0.25) is 0 Å². The van der Waals surface area contributed by atoms with Crippen molar-refractivity contribution in [3.8, 4) is 17.2 Å². The fourth-order valence-corrected chi connectivity index (χ4v) is 4.25. The summed E-state index contributed by atoms with van der Waals surface area (Å²) in [5.74, 6) is 0.611. The minimum atomic E-state index is -0.370. The number of carbonyl (C=O) groups excluding carboxylic acids is 1. The topological polar surface area (TPSA) is 89.5 Å². The van der Waals surface area contributed by atoms with E-state index in [1.807, 2.05) is 13.8 Å². The molecule has 1 amide bonds. The lowest BCUT2D eigenvalue weighted by atomic mass is 10.2. The SMILES string of the molecule is CCN(Cc1nc2cc(OC)c(OC)cc2c(=O)[nH]1)C(=O)c1cc(C)n(-c2ccccc2F)c1C. The molecule has 35 heavy (non-hydrogen) atoms. The first-order valence-corrected chi connectivity index (χ1v) is 11.2. The highest BCUT2D eigenvalue weighted by atomic mass is 19.1. The van der Waals surface area contributed by atoms with Gasteiger partial charge in [0, 0.05) is 24.0 Å². The van der Waals surface area contributed by atoms with E-state index in [-0.39, 0.29) is 23.8 Å². The van der Waals surface area contributed by atoms with Gasteiger partial charge in [-0.15, -0.1) is 0 Å². The average molecular weight is 479 g/mol. The quantitative estimate of drug-likeness (QED) is 0.431. The Hall–Kier alpha value is -4.14. The molecule has 0 spiro atoms.